The molecule has 4 fully saturated rings. The van der Waals surface area contributed by atoms with Gasteiger partial charge in [-0.05, 0) is 78.3 Å². The number of aliphatic hydroxyl groups excluding tert-OH is 3. The minimum absolute atomic E-state index is 0. The van der Waals surface area contributed by atoms with Gasteiger partial charge in [-0.15, -0.1) is 0 Å². The van der Waals surface area contributed by atoms with E-state index in [0.717, 1.165) is 5.69 Å². The van der Waals surface area contributed by atoms with E-state index in [-0.39, 0.29) is 67.8 Å². The summed E-state index contributed by atoms with van der Waals surface area (Å²) in [6.45, 7) is 1.32. The molecule has 6 aromatic carbocycles. The van der Waals surface area contributed by atoms with Crippen LogP contribution in [0.25, 0.3) is 26.4 Å². The van der Waals surface area contributed by atoms with Gasteiger partial charge in [-0.3, -0.25) is 13.3 Å². The second-order valence-corrected chi connectivity index (χ2v) is 21.3. The first-order chi connectivity index (χ1) is 38.7. The van der Waals surface area contributed by atoms with Crippen molar-refractivity contribution in [3.63, 3.8) is 0 Å². The quantitative estimate of drug-likeness (QED) is 0.0508. The number of halogens is 5. The molecule has 22 nitrogen and oxygen atoms in total. The molecule has 0 saturated carbocycles. The molecule has 30 heteroatoms. The smallest absolute Gasteiger partial charge is 0.453 e. The molecule has 0 radical (unpaired) electrons. The molecular formula is C51H45Cl2F3N9NaO13S2. The van der Waals surface area contributed by atoms with E-state index in [0.29, 0.717) is 76.1 Å². The monoisotopic (exact) mass is 1210 g/mol. The van der Waals surface area contributed by atoms with E-state index in [4.69, 9.17) is 57.6 Å². The Kier molecular flexibility index (Phi) is 21.1. The summed E-state index contributed by atoms with van der Waals surface area (Å²) in [4.78, 5) is 9.78. The van der Waals surface area contributed by atoms with Gasteiger partial charge >= 0.3 is 40.9 Å². The maximum Gasteiger partial charge on any atom is 1.00 e. The molecule has 0 amide bonds. The standard InChI is InChI=1S/C17H15FN4O3.C17H14FNO5S.C17H16FNO4.Cl2OS.N3.Na/c18-10-5-6-16-13(7-10)22(12-3-1-2-4-15(12)25-16)14-9-24-8-11(17(14)23)20-21-19;18-10-5-6-15-12(7-10)19(11-3-1-2-4-14(11)22-15)13-8-21-9-16-17(13)24-25(20)23-16;18-10-5-6-16-12(7-10)19(11-3-1-2-4-15(11)23-16)13-8-22-9-14(20)17(13)21;1-4(2)3;1-3-2;/h1-7,11,14,17,23H,8-9H2;1-7,13,16-17H,8-9H2;1-7,13-14,17,20-21H,8-9H2;;;/q;;;;-1;+1/t11-,14+,17+;13-,16-,17+,25?;13-,14-,17+;;;/m100.../s1. The van der Waals surface area contributed by atoms with E-state index >= 15 is 0 Å². The Hall–Kier alpha value is -5.91. The van der Waals surface area contributed by atoms with Crippen LogP contribution in [0.1, 0.15) is 0 Å². The number of azide groups is 1. The topological polar surface area (TPSA) is 286 Å². The van der Waals surface area contributed by atoms with Gasteiger partial charge in [-0.25, -0.2) is 17.4 Å². The van der Waals surface area contributed by atoms with Gasteiger partial charge in [-0.1, -0.05) is 41.5 Å². The van der Waals surface area contributed by atoms with Crippen molar-refractivity contribution in [2.24, 2.45) is 5.11 Å². The Morgan fingerprint density at radius 1 is 0.543 bits per heavy atom. The van der Waals surface area contributed by atoms with Crippen molar-refractivity contribution in [3.05, 3.63) is 171 Å². The molecule has 0 aliphatic carbocycles. The van der Waals surface area contributed by atoms with Crippen LogP contribution < -0.4 is 58.5 Å². The van der Waals surface area contributed by atoms with Crippen molar-refractivity contribution in [1.82, 2.24) is 0 Å². The van der Waals surface area contributed by atoms with Gasteiger partial charge in [0.2, 0.25) is 9.23 Å². The Bertz CT molecular complexity index is 3350. The van der Waals surface area contributed by atoms with Gasteiger partial charge in [-0.2, -0.15) is 4.21 Å². The molecule has 0 bridgehead atoms. The van der Waals surface area contributed by atoms with E-state index in [1.165, 1.54) is 41.3 Å². The molecular weight excluding hydrogens is 1160 g/mol. The average Bonchev–Trinajstić information content (AvgIpc) is 4.04. The van der Waals surface area contributed by atoms with Crippen molar-refractivity contribution < 1.29 is 103 Å². The fourth-order valence-electron chi connectivity index (χ4n) is 9.87. The Balaban J connectivity index is 0.000000150. The fourth-order valence-corrected chi connectivity index (χ4v) is 10.7. The normalized spacial score (nSPS) is 24.9. The Labute approximate surface area is 495 Å². The zero-order valence-corrected chi connectivity index (χ0v) is 47.4. The van der Waals surface area contributed by atoms with Gasteiger partial charge < -0.3 is 69.5 Å². The number of nitrogens with zero attached hydrogens (tertiary/aromatic N) is 9. The predicted molar refractivity (Wildman–Crippen MR) is 288 cm³/mol. The summed E-state index contributed by atoms with van der Waals surface area (Å²) in [7, 11) is 7.36. The molecule has 0 spiro atoms. The van der Waals surface area contributed by atoms with Gasteiger partial charge in [0.05, 0.1) is 104 Å². The summed E-state index contributed by atoms with van der Waals surface area (Å²) in [5.74, 6) is 2.21. The second kappa shape index (κ2) is 27.9. The fraction of sp³-hybridized carbons (Fsp3) is 0.294. The van der Waals surface area contributed by atoms with Crippen LogP contribution >= 0.6 is 21.4 Å². The number of hydrogen-bond donors (Lipinski definition) is 3. The van der Waals surface area contributed by atoms with Crippen molar-refractivity contribution in [3.8, 4) is 34.5 Å². The number of anilines is 6. The van der Waals surface area contributed by atoms with Gasteiger partial charge in [0.1, 0.15) is 41.9 Å². The summed E-state index contributed by atoms with van der Waals surface area (Å²) in [5, 5.41) is 34.7. The molecule has 0 aromatic heterocycles. The van der Waals surface area contributed by atoms with Crippen LogP contribution in [0.4, 0.5) is 47.3 Å². The molecule has 3 N–H and O–H groups in total. The SMILES string of the molecule is O=S(Cl)Cl.O=S1O[C@H]2[C@H](COC[C@@H]2N2c3ccccc3Oc3ccc(F)cc32)O1.O[C@H]1[C@@H](O)COC[C@@H]1N1c2ccccc2Oc2ccc(F)cc21.[N-]=[N+]=N[C@@H]1COC[C@H](N2c3ccccc3Oc3ccc(F)cc32)[C@H]1O.[N-]=[N+]=[N-].[Na+]. The van der Waals surface area contributed by atoms with Crippen LogP contribution in [0.3, 0.4) is 0 Å². The molecule has 4 saturated heterocycles. The molecule has 7 aliphatic rings. The van der Waals surface area contributed by atoms with Crippen molar-refractivity contribution in [2.75, 3.05) is 54.3 Å². The van der Waals surface area contributed by atoms with Crippen LogP contribution in [-0.2, 0) is 43.2 Å². The summed E-state index contributed by atoms with van der Waals surface area (Å²) in [6, 6.07) is 32.8. The third-order valence-corrected chi connectivity index (χ3v) is 14.0. The first-order valence-electron chi connectivity index (χ1n) is 24.1. The Morgan fingerprint density at radius 3 is 1.36 bits per heavy atom. The van der Waals surface area contributed by atoms with E-state index in [1.807, 2.05) is 65.6 Å². The largest absolute Gasteiger partial charge is 1.00 e. The zero-order valence-electron chi connectivity index (χ0n) is 42.2. The maximum atomic E-state index is 13.9. The maximum absolute atomic E-state index is 13.9. The van der Waals surface area contributed by atoms with Crippen molar-refractivity contribution in [1.29, 1.82) is 0 Å². The third kappa shape index (κ3) is 13.8. The third-order valence-electron chi connectivity index (χ3n) is 13.2. The van der Waals surface area contributed by atoms with Crippen LogP contribution in [0.2, 0.25) is 0 Å². The van der Waals surface area contributed by atoms with Gasteiger partial charge in [0.25, 0.3) is 0 Å². The summed E-state index contributed by atoms with van der Waals surface area (Å²) in [6.07, 6.45) is -3.83. The minimum Gasteiger partial charge on any atom is -0.453 e. The number of ether oxygens (including phenoxy) is 6. The molecule has 13 rings (SSSR count). The number of fused-ring (bicyclic) bond motifs is 7. The number of aliphatic hydroxyl groups is 3. The molecule has 7 aliphatic heterocycles. The van der Waals surface area contributed by atoms with Crippen LogP contribution in [0, 0.1) is 17.5 Å². The predicted octanol–water partition coefficient (Wildman–Crippen LogP) is 7.44. The number of benzene rings is 6. The number of hydrogen-bond acceptors (Lipinski definition) is 17. The minimum atomic E-state index is -1.80. The van der Waals surface area contributed by atoms with Crippen LogP contribution in [0.15, 0.2) is 133 Å². The first kappa shape index (κ1) is 61.2. The number of rotatable bonds is 4. The Morgan fingerprint density at radius 2 is 0.914 bits per heavy atom. The van der Waals surface area contributed by atoms with Crippen molar-refractivity contribution in [2.45, 2.75) is 54.7 Å². The van der Waals surface area contributed by atoms with Gasteiger partial charge in [0, 0.05) is 44.5 Å². The molecule has 6 aromatic rings. The van der Waals surface area contributed by atoms with E-state index in [1.54, 1.807) is 40.1 Å². The average molecular weight is 1210 g/mol. The number of para-hydroxylation sites is 6. The van der Waals surface area contributed by atoms with E-state index in [2.05, 4.69) is 31.4 Å². The van der Waals surface area contributed by atoms with Crippen LogP contribution in [-0.4, -0.2) is 118 Å². The zero-order chi connectivity index (χ0) is 56.6. The van der Waals surface area contributed by atoms with E-state index in [9.17, 15) is 32.7 Å². The molecule has 420 valence electrons. The molecule has 1 unspecified atom stereocenters. The van der Waals surface area contributed by atoms with Gasteiger partial charge in [0.15, 0.2) is 34.5 Å². The second-order valence-electron chi connectivity index (χ2n) is 18.0. The summed E-state index contributed by atoms with van der Waals surface area (Å²) >= 11 is -1.80. The summed E-state index contributed by atoms with van der Waals surface area (Å²) < 4.78 is 107. The van der Waals surface area contributed by atoms with E-state index < -0.39 is 80.9 Å². The first-order valence-corrected chi connectivity index (χ1v) is 27.9. The van der Waals surface area contributed by atoms with Crippen LogP contribution in [0.5, 0.6) is 34.5 Å². The molecule has 10 atom stereocenters. The molecule has 81 heavy (non-hydrogen) atoms. The summed E-state index contributed by atoms with van der Waals surface area (Å²) in [5.41, 5.74) is 25.9. The van der Waals surface area contributed by atoms with Crippen molar-refractivity contribution >= 4 is 76.1 Å². The molecule has 7 heterocycles.